The second-order valence-corrected chi connectivity index (χ2v) is 8.38. The van der Waals surface area contributed by atoms with E-state index in [1.807, 2.05) is 30.5 Å². The number of benzene rings is 2. The fraction of sp³-hybridized carbons (Fsp3) is 0.217. The number of fused-ring (bicyclic) bond motifs is 2. The number of hydrogen-bond donors (Lipinski definition) is 1. The number of hydrogen-bond acceptors (Lipinski definition) is 5. The van der Waals surface area contributed by atoms with Crippen molar-refractivity contribution >= 4 is 27.2 Å². The summed E-state index contributed by atoms with van der Waals surface area (Å²) in [6.45, 7) is 2.00. The first kappa shape index (κ1) is 17.3. The van der Waals surface area contributed by atoms with E-state index in [9.17, 15) is 0 Å². The zero-order chi connectivity index (χ0) is 19.1. The Hall–Kier alpha value is -2.76. The minimum absolute atomic E-state index is 0.395. The van der Waals surface area contributed by atoms with Gasteiger partial charge in [0, 0.05) is 36.3 Å². The summed E-state index contributed by atoms with van der Waals surface area (Å²) in [7, 11) is 4.06. The van der Waals surface area contributed by atoms with E-state index in [-0.39, 0.29) is 0 Å². The molecule has 1 N–H and O–H groups in total. The maximum absolute atomic E-state index is 4.37. The lowest BCUT2D eigenvalue weighted by molar-refractivity contribution is 0.295. The molecule has 1 aliphatic rings. The number of thiophene rings is 1. The summed E-state index contributed by atoms with van der Waals surface area (Å²) in [4.78, 5) is 2.41. The van der Waals surface area contributed by atoms with Crippen molar-refractivity contribution in [3.8, 4) is 11.3 Å². The van der Waals surface area contributed by atoms with Crippen LogP contribution in [0.2, 0.25) is 0 Å². The normalized spacial score (nSPS) is 16.9. The van der Waals surface area contributed by atoms with Gasteiger partial charge in [-0.05, 0) is 64.8 Å². The van der Waals surface area contributed by atoms with E-state index in [1.165, 1.54) is 26.8 Å². The minimum Gasteiger partial charge on any atom is -0.372 e. The van der Waals surface area contributed by atoms with Crippen molar-refractivity contribution in [1.82, 2.24) is 15.1 Å². The second kappa shape index (κ2) is 7.00. The molecule has 2 aromatic heterocycles. The Kier molecular flexibility index (Phi) is 4.34. The van der Waals surface area contributed by atoms with Crippen LogP contribution in [0.4, 0.5) is 5.82 Å². The highest BCUT2D eigenvalue weighted by Gasteiger charge is 2.25. The van der Waals surface area contributed by atoms with Gasteiger partial charge in [0.1, 0.15) is 5.82 Å². The van der Waals surface area contributed by atoms with Crippen molar-refractivity contribution in [3.63, 3.8) is 0 Å². The maximum Gasteiger partial charge on any atom is 0.148 e. The van der Waals surface area contributed by atoms with Gasteiger partial charge in [-0.25, -0.2) is 0 Å². The largest absolute Gasteiger partial charge is 0.372 e. The Bertz CT molecular complexity index is 1130. The van der Waals surface area contributed by atoms with Gasteiger partial charge >= 0.3 is 0 Å². The second-order valence-electron chi connectivity index (χ2n) is 7.43. The van der Waals surface area contributed by atoms with Crippen molar-refractivity contribution < 1.29 is 0 Å². The monoisotopic (exact) mass is 386 g/mol. The first-order valence-electron chi connectivity index (χ1n) is 9.51. The van der Waals surface area contributed by atoms with Crippen LogP contribution in [0.3, 0.4) is 0 Å². The van der Waals surface area contributed by atoms with Gasteiger partial charge in [-0.15, -0.1) is 21.5 Å². The van der Waals surface area contributed by atoms with E-state index in [1.54, 1.807) is 0 Å². The highest BCUT2D eigenvalue weighted by atomic mass is 32.1. The summed E-state index contributed by atoms with van der Waals surface area (Å²) in [5.74, 6) is 1.18. The van der Waals surface area contributed by atoms with E-state index in [4.69, 9.17) is 0 Å². The lowest BCUT2D eigenvalue weighted by Gasteiger charge is -2.33. The molecule has 1 aliphatic heterocycles. The lowest BCUT2D eigenvalue weighted by atomic mass is 9.83. The minimum atomic E-state index is 0.395. The maximum atomic E-state index is 4.37. The van der Waals surface area contributed by atoms with Gasteiger partial charge in [-0.1, -0.05) is 24.3 Å². The fourth-order valence-corrected chi connectivity index (χ4v) is 4.94. The van der Waals surface area contributed by atoms with Gasteiger partial charge in [-0.3, -0.25) is 0 Å². The molecule has 0 amide bonds. The standard InChI is InChI=1S/C23H22N4S/c1-24-23-8-7-21(25-26-23)17-5-6-19-18(11-17)13-27(2)14-20(19)16-4-3-15-9-10-28-22(15)12-16/h3-12,20H,13-14H2,1-2H3,(H,24,26). The first-order chi connectivity index (χ1) is 13.7. The van der Waals surface area contributed by atoms with Gasteiger partial charge in [0.2, 0.25) is 0 Å². The summed E-state index contributed by atoms with van der Waals surface area (Å²) < 4.78 is 1.36. The molecular weight excluding hydrogens is 364 g/mol. The van der Waals surface area contributed by atoms with Crippen LogP contribution in [0.5, 0.6) is 0 Å². The molecule has 140 valence electrons. The third-order valence-electron chi connectivity index (χ3n) is 5.55. The molecule has 0 radical (unpaired) electrons. The first-order valence-corrected chi connectivity index (χ1v) is 10.4. The Labute approximate surface area is 168 Å². The molecule has 0 saturated carbocycles. The molecular formula is C23H22N4S. The molecule has 28 heavy (non-hydrogen) atoms. The van der Waals surface area contributed by atoms with Crippen LogP contribution in [0.15, 0.2) is 60.0 Å². The molecule has 5 heteroatoms. The molecule has 0 saturated heterocycles. The smallest absolute Gasteiger partial charge is 0.148 e. The quantitative estimate of drug-likeness (QED) is 0.539. The Morgan fingerprint density at radius 3 is 2.79 bits per heavy atom. The predicted molar refractivity (Wildman–Crippen MR) is 117 cm³/mol. The average molecular weight is 387 g/mol. The zero-order valence-corrected chi connectivity index (χ0v) is 16.8. The van der Waals surface area contributed by atoms with Gasteiger partial charge < -0.3 is 10.2 Å². The van der Waals surface area contributed by atoms with Crippen LogP contribution in [-0.4, -0.2) is 35.7 Å². The third-order valence-corrected chi connectivity index (χ3v) is 6.43. The summed E-state index contributed by atoms with van der Waals surface area (Å²) in [5.41, 5.74) is 6.23. The van der Waals surface area contributed by atoms with Crippen LogP contribution in [0.25, 0.3) is 21.3 Å². The number of anilines is 1. The number of nitrogens with zero attached hydrogens (tertiary/aromatic N) is 3. The van der Waals surface area contributed by atoms with Crippen molar-refractivity contribution in [3.05, 3.63) is 76.7 Å². The molecule has 1 unspecified atom stereocenters. The van der Waals surface area contributed by atoms with Crippen LogP contribution in [-0.2, 0) is 6.54 Å². The topological polar surface area (TPSA) is 41.0 Å². The van der Waals surface area contributed by atoms with Crippen molar-refractivity contribution in [2.75, 3.05) is 26.0 Å². The lowest BCUT2D eigenvalue weighted by Crippen LogP contribution is -2.31. The van der Waals surface area contributed by atoms with E-state index in [0.717, 1.165) is 30.2 Å². The van der Waals surface area contributed by atoms with E-state index in [0.29, 0.717) is 5.92 Å². The van der Waals surface area contributed by atoms with E-state index in [2.05, 4.69) is 75.3 Å². The number of nitrogens with one attached hydrogen (secondary N) is 1. The van der Waals surface area contributed by atoms with Crippen molar-refractivity contribution in [2.45, 2.75) is 12.5 Å². The zero-order valence-electron chi connectivity index (χ0n) is 16.0. The fourth-order valence-electron chi connectivity index (χ4n) is 4.10. The van der Waals surface area contributed by atoms with E-state index >= 15 is 0 Å². The van der Waals surface area contributed by atoms with Gasteiger partial charge in [0.25, 0.3) is 0 Å². The Morgan fingerprint density at radius 1 is 1.04 bits per heavy atom. The molecule has 0 spiro atoms. The van der Waals surface area contributed by atoms with Crippen molar-refractivity contribution in [2.24, 2.45) is 0 Å². The molecule has 2 aromatic carbocycles. The average Bonchev–Trinajstić information content (AvgIpc) is 3.20. The summed E-state index contributed by atoms with van der Waals surface area (Å²) in [6.07, 6.45) is 0. The van der Waals surface area contributed by atoms with E-state index < -0.39 is 0 Å². The van der Waals surface area contributed by atoms with Gasteiger partial charge in [0.05, 0.1) is 5.69 Å². The Balaban J connectivity index is 1.54. The molecule has 0 bridgehead atoms. The number of likely N-dealkylation sites (N-methyl/N-ethyl adjacent to an activating group) is 1. The van der Waals surface area contributed by atoms with Crippen LogP contribution >= 0.6 is 11.3 Å². The van der Waals surface area contributed by atoms with Crippen LogP contribution in [0, 0.1) is 0 Å². The molecule has 0 aliphatic carbocycles. The highest BCUT2D eigenvalue weighted by Crippen LogP contribution is 2.36. The summed E-state index contributed by atoms with van der Waals surface area (Å²) in [5, 5.41) is 15.1. The van der Waals surface area contributed by atoms with Gasteiger partial charge in [0.15, 0.2) is 0 Å². The number of aromatic nitrogens is 2. The van der Waals surface area contributed by atoms with Crippen molar-refractivity contribution in [1.29, 1.82) is 0 Å². The summed E-state index contributed by atoms with van der Waals surface area (Å²) in [6, 6.07) is 19.8. The SMILES string of the molecule is CNc1ccc(-c2ccc3c(c2)CN(C)CC3c2ccc3ccsc3c2)nn1. The molecule has 5 rings (SSSR count). The molecule has 4 aromatic rings. The summed E-state index contributed by atoms with van der Waals surface area (Å²) >= 11 is 1.82. The van der Waals surface area contributed by atoms with Crippen LogP contribution < -0.4 is 5.32 Å². The third kappa shape index (κ3) is 3.07. The molecule has 4 nitrogen and oxygen atoms in total. The molecule has 1 atom stereocenters. The molecule has 3 heterocycles. The highest BCUT2D eigenvalue weighted by molar-refractivity contribution is 7.17. The Morgan fingerprint density at radius 2 is 1.96 bits per heavy atom. The van der Waals surface area contributed by atoms with Gasteiger partial charge in [-0.2, -0.15) is 0 Å². The molecule has 0 fully saturated rings. The van der Waals surface area contributed by atoms with Crippen LogP contribution in [0.1, 0.15) is 22.6 Å². The number of rotatable bonds is 3. The predicted octanol–water partition coefficient (Wildman–Crippen LogP) is 4.98.